The third-order valence-corrected chi connectivity index (χ3v) is 4.83. The van der Waals surface area contributed by atoms with Gasteiger partial charge in [0, 0.05) is 24.3 Å². The van der Waals surface area contributed by atoms with Gasteiger partial charge in [-0.2, -0.15) is 0 Å². The molecule has 0 aliphatic heterocycles. The van der Waals surface area contributed by atoms with Crippen molar-refractivity contribution < 1.29 is 14.7 Å². The van der Waals surface area contributed by atoms with Crippen LogP contribution in [0, 0.1) is 12.8 Å². The Balaban J connectivity index is 2.06. The topological polar surface area (TPSA) is 78.4 Å². The van der Waals surface area contributed by atoms with Crippen molar-refractivity contribution in [2.24, 2.45) is 5.92 Å². The number of benzene rings is 1. The Morgan fingerprint density at radius 1 is 1.21 bits per heavy atom. The minimum atomic E-state index is -0.645. The number of hydrogen-bond acceptors (Lipinski definition) is 3. The average molecular weight is 332 g/mol. The van der Waals surface area contributed by atoms with Crippen LogP contribution in [0.4, 0.5) is 5.69 Å². The molecule has 2 atom stereocenters. The molecule has 1 aliphatic carbocycles. The molecule has 1 aromatic carbocycles. The Kier molecular flexibility index (Phi) is 6.37. The van der Waals surface area contributed by atoms with E-state index in [0.29, 0.717) is 0 Å². The monoisotopic (exact) mass is 332 g/mol. The van der Waals surface area contributed by atoms with Gasteiger partial charge in [-0.3, -0.25) is 9.59 Å². The van der Waals surface area contributed by atoms with E-state index in [4.69, 9.17) is 0 Å². The van der Waals surface area contributed by atoms with Crippen LogP contribution >= 0.6 is 0 Å². The summed E-state index contributed by atoms with van der Waals surface area (Å²) in [6, 6.07) is 5.72. The predicted octanol–water partition coefficient (Wildman–Crippen LogP) is 2.72. The van der Waals surface area contributed by atoms with Crippen LogP contribution in [-0.2, 0) is 9.59 Å². The average Bonchev–Trinajstić information content (AvgIpc) is 2.56. The Labute approximate surface area is 143 Å². The second-order valence-corrected chi connectivity index (χ2v) is 6.96. The van der Waals surface area contributed by atoms with Gasteiger partial charge in [0.1, 0.15) is 0 Å². The molecule has 0 bridgehead atoms. The molecule has 1 aromatic rings. The lowest BCUT2D eigenvalue weighted by atomic mass is 9.85. The van der Waals surface area contributed by atoms with E-state index < -0.39 is 11.8 Å². The number of nitrogens with one attached hydrogen (secondary N) is 2. The molecule has 0 heterocycles. The summed E-state index contributed by atoms with van der Waals surface area (Å²) in [5.41, 5.74) is 2.67. The zero-order chi connectivity index (χ0) is 17.7. The number of rotatable bonds is 4. The van der Waals surface area contributed by atoms with Crippen molar-refractivity contribution in [3.63, 3.8) is 0 Å². The number of carbonyl (C=O) groups excluding carboxylic acids is 2. The van der Waals surface area contributed by atoms with E-state index in [1.54, 1.807) is 0 Å². The molecule has 1 saturated carbocycles. The van der Waals surface area contributed by atoms with Gasteiger partial charge >= 0.3 is 11.8 Å². The number of hydrogen-bond donors (Lipinski definition) is 3. The summed E-state index contributed by atoms with van der Waals surface area (Å²) in [6.45, 7) is 6.07. The molecule has 1 fully saturated rings. The van der Waals surface area contributed by atoms with Crippen LogP contribution in [0.25, 0.3) is 0 Å². The quantitative estimate of drug-likeness (QED) is 0.742. The summed E-state index contributed by atoms with van der Waals surface area (Å²) in [4.78, 5) is 24.6. The Hall–Kier alpha value is -1.88. The van der Waals surface area contributed by atoms with Crippen molar-refractivity contribution in [1.82, 2.24) is 5.32 Å². The highest BCUT2D eigenvalue weighted by Gasteiger charge is 2.28. The fraction of sp³-hybridized carbons (Fsp3) is 0.579. The van der Waals surface area contributed by atoms with Crippen molar-refractivity contribution in [3.8, 4) is 0 Å². The standard InChI is InChI=1S/C19H28N2O3/c1-12(2)15-9-6-7-13(3)17(15)21-19(24)18(23)20-16-10-5-4-8-14(16)11-22/h6-7,9,12,14,16,22H,4-5,8,10-11H2,1-3H3,(H,20,23)(H,21,24). The maximum absolute atomic E-state index is 12.3. The molecule has 2 unspecified atom stereocenters. The minimum Gasteiger partial charge on any atom is -0.396 e. The molecule has 5 heteroatoms. The number of anilines is 1. The fourth-order valence-corrected chi connectivity index (χ4v) is 3.36. The highest BCUT2D eigenvalue weighted by Crippen LogP contribution is 2.27. The first kappa shape index (κ1) is 18.5. The summed E-state index contributed by atoms with van der Waals surface area (Å²) < 4.78 is 0. The van der Waals surface area contributed by atoms with Crippen molar-refractivity contribution in [2.45, 2.75) is 58.4 Å². The van der Waals surface area contributed by atoms with Crippen LogP contribution in [0.15, 0.2) is 18.2 Å². The largest absolute Gasteiger partial charge is 0.396 e. The highest BCUT2D eigenvalue weighted by atomic mass is 16.3. The van der Waals surface area contributed by atoms with E-state index in [1.165, 1.54) is 0 Å². The number of amides is 2. The Morgan fingerprint density at radius 3 is 2.58 bits per heavy atom. The van der Waals surface area contributed by atoms with Gasteiger partial charge in [0.25, 0.3) is 0 Å². The van der Waals surface area contributed by atoms with E-state index in [-0.39, 0.29) is 24.5 Å². The summed E-state index contributed by atoms with van der Waals surface area (Å²) >= 11 is 0. The van der Waals surface area contributed by atoms with Gasteiger partial charge in [-0.25, -0.2) is 0 Å². The number of carbonyl (C=O) groups is 2. The van der Waals surface area contributed by atoms with Crippen molar-refractivity contribution in [1.29, 1.82) is 0 Å². The van der Waals surface area contributed by atoms with Gasteiger partial charge in [0.2, 0.25) is 0 Å². The van der Waals surface area contributed by atoms with Crippen LogP contribution in [-0.4, -0.2) is 29.6 Å². The van der Waals surface area contributed by atoms with Crippen molar-refractivity contribution in [2.75, 3.05) is 11.9 Å². The van der Waals surface area contributed by atoms with E-state index in [1.807, 2.05) is 25.1 Å². The Bertz CT molecular complexity index is 598. The van der Waals surface area contributed by atoms with Crippen molar-refractivity contribution in [3.05, 3.63) is 29.3 Å². The van der Waals surface area contributed by atoms with Gasteiger partial charge in [-0.15, -0.1) is 0 Å². The molecular weight excluding hydrogens is 304 g/mol. The lowest BCUT2D eigenvalue weighted by Gasteiger charge is -2.30. The lowest BCUT2D eigenvalue weighted by Crippen LogP contribution is -2.47. The smallest absolute Gasteiger partial charge is 0.313 e. The second kappa shape index (κ2) is 8.29. The second-order valence-electron chi connectivity index (χ2n) is 6.96. The zero-order valence-electron chi connectivity index (χ0n) is 14.8. The summed E-state index contributed by atoms with van der Waals surface area (Å²) in [5.74, 6) is -0.979. The summed E-state index contributed by atoms with van der Waals surface area (Å²) in [5, 5.41) is 15.0. The molecule has 2 amide bonds. The molecule has 24 heavy (non-hydrogen) atoms. The van der Waals surface area contributed by atoms with Gasteiger partial charge in [0.15, 0.2) is 0 Å². The highest BCUT2D eigenvalue weighted by molar-refractivity contribution is 6.39. The van der Waals surface area contributed by atoms with E-state index in [2.05, 4.69) is 24.5 Å². The fourth-order valence-electron chi connectivity index (χ4n) is 3.36. The molecule has 3 N–H and O–H groups in total. The van der Waals surface area contributed by atoms with E-state index >= 15 is 0 Å². The molecule has 5 nitrogen and oxygen atoms in total. The molecule has 0 spiro atoms. The summed E-state index contributed by atoms with van der Waals surface area (Å²) in [7, 11) is 0. The van der Waals surface area contributed by atoms with Crippen LogP contribution < -0.4 is 10.6 Å². The molecule has 132 valence electrons. The number of aryl methyl sites for hydroxylation is 1. The van der Waals surface area contributed by atoms with Crippen LogP contribution in [0.3, 0.4) is 0 Å². The van der Waals surface area contributed by atoms with Crippen molar-refractivity contribution >= 4 is 17.5 Å². The van der Waals surface area contributed by atoms with E-state index in [9.17, 15) is 14.7 Å². The molecule has 0 saturated heterocycles. The zero-order valence-corrected chi connectivity index (χ0v) is 14.8. The number of aliphatic hydroxyl groups excluding tert-OH is 1. The van der Waals surface area contributed by atoms with Crippen LogP contribution in [0.1, 0.15) is 56.6 Å². The maximum atomic E-state index is 12.3. The van der Waals surface area contributed by atoms with Gasteiger partial charge in [0.05, 0.1) is 0 Å². The van der Waals surface area contributed by atoms with E-state index in [0.717, 1.165) is 42.5 Å². The first-order chi connectivity index (χ1) is 11.4. The predicted molar refractivity (Wildman–Crippen MR) is 94.9 cm³/mol. The maximum Gasteiger partial charge on any atom is 0.313 e. The van der Waals surface area contributed by atoms with Gasteiger partial charge in [-0.1, -0.05) is 44.9 Å². The molecule has 0 radical (unpaired) electrons. The van der Waals surface area contributed by atoms with Crippen LogP contribution in [0.5, 0.6) is 0 Å². The lowest BCUT2D eigenvalue weighted by molar-refractivity contribution is -0.137. The number of aliphatic hydroxyl groups is 1. The van der Waals surface area contributed by atoms with Crippen LogP contribution in [0.2, 0.25) is 0 Å². The van der Waals surface area contributed by atoms with Gasteiger partial charge in [-0.05, 0) is 36.8 Å². The minimum absolute atomic E-state index is 0.0418. The summed E-state index contributed by atoms with van der Waals surface area (Å²) in [6.07, 6.45) is 3.77. The van der Waals surface area contributed by atoms with Gasteiger partial charge < -0.3 is 15.7 Å². The molecule has 0 aromatic heterocycles. The first-order valence-electron chi connectivity index (χ1n) is 8.76. The third kappa shape index (κ3) is 4.35. The number of para-hydroxylation sites is 1. The first-order valence-corrected chi connectivity index (χ1v) is 8.76. The SMILES string of the molecule is Cc1cccc(C(C)C)c1NC(=O)C(=O)NC1CCCCC1CO. The Morgan fingerprint density at radius 2 is 1.92 bits per heavy atom. The molecule has 1 aliphatic rings. The third-order valence-electron chi connectivity index (χ3n) is 4.83. The molecular formula is C19H28N2O3. The normalized spacial score (nSPS) is 20.7. The molecule has 2 rings (SSSR count).